The largest absolute Gasteiger partial charge is 0.298 e. The van der Waals surface area contributed by atoms with Crippen LogP contribution in [-0.2, 0) is 0 Å². The van der Waals surface area contributed by atoms with E-state index in [-0.39, 0.29) is 0 Å². The third-order valence-corrected chi connectivity index (χ3v) is 2.59. The van der Waals surface area contributed by atoms with Crippen molar-refractivity contribution < 1.29 is 4.79 Å². The van der Waals surface area contributed by atoms with Crippen LogP contribution in [0, 0.1) is 11.3 Å². The summed E-state index contributed by atoms with van der Waals surface area (Å²) in [6.07, 6.45) is 2.61. The fourth-order valence-electron chi connectivity index (χ4n) is 1.64. The number of benzene rings is 2. The maximum Gasteiger partial charge on any atom is 0.150 e. The summed E-state index contributed by atoms with van der Waals surface area (Å²) >= 11 is 0. The second-order valence-electron chi connectivity index (χ2n) is 3.82. The Morgan fingerprint density at radius 3 is 2.11 bits per heavy atom. The molecule has 0 saturated heterocycles. The zero-order valence-electron chi connectivity index (χ0n) is 9.71. The number of carbonyl (C=O) groups is 1. The van der Waals surface area contributed by atoms with Gasteiger partial charge in [-0.1, -0.05) is 54.6 Å². The van der Waals surface area contributed by atoms with Crippen molar-refractivity contribution >= 4 is 17.9 Å². The van der Waals surface area contributed by atoms with Gasteiger partial charge >= 0.3 is 0 Å². The summed E-state index contributed by atoms with van der Waals surface area (Å²) in [5.74, 6) is 0. The number of aldehydes is 1. The van der Waals surface area contributed by atoms with Gasteiger partial charge in [-0.2, -0.15) is 5.26 Å². The van der Waals surface area contributed by atoms with Crippen LogP contribution in [0.5, 0.6) is 0 Å². The minimum atomic E-state index is 0.606. The first-order valence-electron chi connectivity index (χ1n) is 5.56. The predicted octanol–water partition coefficient (Wildman–Crippen LogP) is 3.56. The third-order valence-electron chi connectivity index (χ3n) is 2.59. The van der Waals surface area contributed by atoms with E-state index in [1.54, 1.807) is 12.1 Å². The molecule has 0 heterocycles. The van der Waals surface area contributed by atoms with Crippen molar-refractivity contribution in [3.63, 3.8) is 0 Å². The highest BCUT2D eigenvalue weighted by Crippen LogP contribution is 2.17. The second-order valence-corrected chi connectivity index (χ2v) is 3.82. The van der Waals surface area contributed by atoms with Crippen molar-refractivity contribution in [3.8, 4) is 6.07 Å². The molecular formula is C16H11NO. The first-order valence-corrected chi connectivity index (χ1v) is 5.56. The van der Waals surface area contributed by atoms with Crippen molar-refractivity contribution in [1.29, 1.82) is 5.26 Å². The summed E-state index contributed by atoms with van der Waals surface area (Å²) in [5.41, 5.74) is 3.03. The van der Waals surface area contributed by atoms with Crippen molar-refractivity contribution in [3.05, 3.63) is 71.3 Å². The van der Waals surface area contributed by atoms with E-state index >= 15 is 0 Å². The molecule has 2 aromatic rings. The van der Waals surface area contributed by atoms with E-state index in [2.05, 4.69) is 6.07 Å². The van der Waals surface area contributed by atoms with Crippen LogP contribution in [0.4, 0.5) is 0 Å². The van der Waals surface area contributed by atoms with Crippen LogP contribution < -0.4 is 0 Å². The molecule has 2 nitrogen and oxygen atoms in total. The Morgan fingerprint density at radius 1 is 0.944 bits per heavy atom. The van der Waals surface area contributed by atoms with Gasteiger partial charge in [0, 0.05) is 5.56 Å². The number of rotatable bonds is 3. The quantitative estimate of drug-likeness (QED) is 0.462. The first kappa shape index (κ1) is 11.8. The zero-order chi connectivity index (χ0) is 12.8. The van der Waals surface area contributed by atoms with E-state index in [1.807, 2.05) is 48.5 Å². The van der Waals surface area contributed by atoms with Crippen molar-refractivity contribution in [2.75, 3.05) is 0 Å². The fourth-order valence-corrected chi connectivity index (χ4v) is 1.64. The number of nitrogens with zero attached hydrogens (tertiary/aromatic N) is 1. The number of hydrogen-bond donors (Lipinski definition) is 0. The van der Waals surface area contributed by atoms with Crippen LogP contribution in [-0.4, -0.2) is 6.29 Å². The molecular weight excluding hydrogens is 222 g/mol. The van der Waals surface area contributed by atoms with Crippen LogP contribution in [0.1, 0.15) is 21.5 Å². The SMILES string of the molecule is N#CC(=Cc1ccc(C=O)cc1)c1ccccc1. The van der Waals surface area contributed by atoms with E-state index in [4.69, 9.17) is 5.26 Å². The molecule has 0 unspecified atom stereocenters. The molecule has 86 valence electrons. The fraction of sp³-hybridized carbons (Fsp3) is 0. The number of carbonyl (C=O) groups excluding carboxylic acids is 1. The summed E-state index contributed by atoms with van der Waals surface area (Å²) < 4.78 is 0. The van der Waals surface area contributed by atoms with Gasteiger partial charge in [0.25, 0.3) is 0 Å². The minimum absolute atomic E-state index is 0.606. The van der Waals surface area contributed by atoms with Crippen LogP contribution in [0.2, 0.25) is 0 Å². The van der Waals surface area contributed by atoms with E-state index in [0.717, 1.165) is 17.4 Å². The van der Waals surface area contributed by atoms with E-state index in [1.165, 1.54) is 0 Å². The van der Waals surface area contributed by atoms with Crippen molar-refractivity contribution in [2.24, 2.45) is 0 Å². The Morgan fingerprint density at radius 2 is 1.56 bits per heavy atom. The summed E-state index contributed by atoms with van der Waals surface area (Å²) in [5, 5.41) is 9.17. The van der Waals surface area contributed by atoms with E-state index in [9.17, 15) is 4.79 Å². The monoisotopic (exact) mass is 233 g/mol. The van der Waals surface area contributed by atoms with Gasteiger partial charge in [0.05, 0.1) is 11.6 Å². The van der Waals surface area contributed by atoms with Gasteiger partial charge in [0.1, 0.15) is 6.29 Å². The third kappa shape index (κ3) is 2.72. The highest BCUT2D eigenvalue weighted by atomic mass is 16.1. The average molecular weight is 233 g/mol. The predicted molar refractivity (Wildman–Crippen MR) is 71.8 cm³/mol. The normalized spacial score (nSPS) is 10.7. The Balaban J connectivity index is 2.35. The molecule has 0 amide bonds. The molecule has 18 heavy (non-hydrogen) atoms. The average Bonchev–Trinajstić information content (AvgIpc) is 2.46. The van der Waals surface area contributed by atoms with Crippen molar-refractivity contribution in [2.45, 2.75) is 0 Å². The molecule has 0 aliphatic heterocycles. The van der Waals surface area contributed by atoms with Crippen LogP contribution in [0.3, 0.4) is 0 Å². The second kappa shape index (κ2) is 5.60. The molecule has 0 aromatic heterocycles. The standard InChI is InChI=1S/C16H11NO/c17-11-16(15-4-2-1-3-5-15)10-13-6-8-14(12-18)9-7-13/h1-10,12H. The Labute approximate surface area is 106 Å². The van der Waals surface area contributed by atoms with Gasteiger partial charge in [-0.3, -0.25) is 4.79 Å². The lowest BCUT2D eigenvalue weighted by molar-refractivity contribution is 0.112. The lowest BCUT2D eigenvalue weighted by Gasteiger charge is -1.99. The van der Waals surface area contributed by atoms with Crippen molar-refractivity contribution in [1.82, 2.24) is 0 Å². The molecule has 2 heteroatoms. The van der Waals surface area contributed by atoms with Gasteiger partial charge in [0.2, 0.25) is 0 Å². The number of nitriles is 1. The Hall–Kier alpha value is -2.66. The highest BCUT2D eigenvalue weighted by molar-refractivity contribution is 5.89. The molecule has 0 N–H and O–H groups in total. The number of allylic oxidation sites excluding steroid dienone is 1. The molecule has 2 aromatic carbocycles. The topological polar surface area (TPSA) is 40.9 Å². The van der Waals surface area contributed by atoms with Gasteiger partial charge in [-0.25, -0.2) is 0 Å². The van der Waals surface area contributed by atoms with E-state index in [0.29, 0.717) is 11.1 Å². The molecule has 0 bridgehead atoms. The van der Waals surface area contributed by atoms with Crippen LogP contribution in [0.15, 0.2) is 54.6 Å². The van der Waals surface area contributed by atoms with Gasteiger partial charge in [-0.05, 0) is 17.2 Å². The highest BCUT2D eigenvalue weighted by Gasteiger charge is 1.99. The molecule has 0 fully saturated rings. The Kier molecular flexibility index (Phi) is 3.68. The molecule has 2 rings (SSSR count). The molecule has 0 radical (unpaired) electrons. The summed E-state index contributed by atoms with van der Waals surface area (Å²) in [4.78, 5) is 10.5. The lowest BCUT2D eigenvalue weighted by Crippen LogP contribution is -1.82. The van der Waals surface area contributed by atoms with Gasteiger partial charge < -0.3 is 0 Å². The lowest BCUT2D eigenvalue weighted by atomic mass is 10.0. The van der Waals surface area contributed by atoms with Gasteiger partial charge in [-0.15, -0.1) is 0 Å². The zero-order valence-corrected chi connectivity index (χ0v) is 9.71. The maximum atomic E-state index is 10.5. The molecule has 0 atom stereocenters. The minimum Gasteiger partial charge on any atom is -0.298 e. The summed E-state index contributed by atoms with van der Waals surface area (Å²) in [6, 6.07) is 18.8. The first-order chi connectivity index (χ1) is 8.83. The Bertz CT molecular complexity index is 604. The molecule has 0 aliphatic carbocycles. The smallest absolute Gasteiger partial charge is 0.150 e. The molecule has 0 spiro atoms. The summed E-state index contributed by atoms with van der Waals surface area (Å²) in [6.45, 7) is 0. The number of hydrogen-bond acceptors (Lipinski definition) is 2. The van der Waals surface area contributed by atoms with Crippen LogP contribution in [0.25, 0.3) is 11.6 Å². The maximum absolute atomic E-state index is 10.5. The molecule has 0 saturated carbocycles. The molecule has 0 aliphatic rings. The van der Waals surface area contributed by atoms with E-state index < -0.39 is 0 Å². The summed E-state index contributed by atoms with van der Waals surface area (Å²) in [7, 11) is 0. The van der Waals surface area contributed by atoms with Crippen LogP contribution >= 0.6 is 0 Å². The van der Waals surface area contributed by atoms with Gasteiger partial charge in [0.15, 0.2) is 0 Å².